The number of nitrogens with one attached hydrogen (secondary N) is 1. The van der Waals surface area contributed by atoms with E-state index in [1.54, 1.807) is 0 Å². The number of esters is 1. The van der Waals surface area contributed by atoms with Crippen LogP contribution in [0, 0.1) is 5.82 Å². The van der Waals surface area contributed by atoms with Gasteiger partial charge in [-0.15, -0.1) is 0 Å². The topological polar surface area (TPSA) is 110 Å². The number of aliphatic carboxylic acids is 1. The number of carboxylic acids is 1. The number of carboxylic acid groups (broad SMARTS) is 1. The minimum absolute atomic E-state index is 0.0315. The molecule has 0 bridgehead atoms. The van der Waals surface area contributed by atoms with Gasteiger partial charge in [0, 0.05) is 37.9 Å². The molecule has 2 aliphatic rings. The number of methoxy groups -OCH3 is 1. The molecule has 1 aliphatic carbocycles. The Morgan fingerprint density at radius 3 is 2.57 bits per heavy atom. The Labute approximate surface area is 215 Å². The van der Waals surface area contributed by atoms with Gasteiger partial charge in [-0.3, -0.25) is 9.59 Å². The molecule has 4 rings (SSSR count). The second kappa shape index (κ2) is 10.3. The number of hydrogen-bond donors (Lipinski definition) is 2. The summed E-state index contributed by atoms with van der Waals surface area (Å²) >= 11 is 0. The molecule has 1 saturated heterocycles. The highest BCUT2D eigenvalue weighted by Gasteiger charge is 2.33. The summed E-state index contributed by atoms with van der Waals surface area (Å²) in [6.45, 7) is 4.11. The van der Waals surface area contributed by atoms with E-state index in [1.807, 2.05) is 37.5 Å². The molecular weight excluding hydrogens is 483 g/mol. The Morgan fingerprint density at radius 2 is 2.00 bits per heavy atom. The normalized spacial score (nSPS) is 19.1. The lowest BCUT2D eigenvalue weighted by atomic mass is 10.1. The Morgan fingerprint density at radius 1 is 1.30 bits per heavy atom. The van der Waals surface area contributed by atoms with Crippen LogP contribution < -0.4 is 20.4 Å². The summed E-state index contributed by atoms with van der Waals surface area (Å²) in [6.07, 6.45) is 1.82. The van der Waals surface area contributed by atoms with E-state index in [-0.39, 0.29) is 41.7 Å². The molecule has 2 fully saturated rings. The molecule has 37 heavy (non-hydrogen) atoms. The molecule has 1 saturated carbocycles. The van der Waals surface area contributed by atoms with Gasteiger partial charge in [-0.2, -0.15) is 0 Å². The van der Waals surface area contributed by atoms with E-state index < -0.39 is 29.3 Å². The van der Waals surface area contributed by atoms with Crippen molar-refractivity contribution in [2.24, 2.45) is 0 Å². The molecule has 1 aliphatic heterocycles. The third-order valence-electron chi connectivity index (χ3n) is 6.67. The number of fused-ring (bicyclic) bond motifs is 1. The average molecular weight is 520 g/mol. The molecule has 0 amide bonds. The first-order valence-corrected chi connectivity index (χ1v) is 12.6. The van der Waals surface area contributed by atoms with Crippen LogP contribution in [-0.4, -0.2) is 92.7 Å². The van der Waals surface area contributed by atoms with Gasteiger partial charge in [-0.1, -0.05) is 0 Å². The van der Waals surface area contributed by atoms with Crippen molar-refractivity contribution in [3.05, 3.63) is 33.9 Å². The lowest BCUT2D eigenvalue weighted by Crippen LogP contribution is -2.49. The van der Waals surface area contributed by atoms with Gasteiger partial charge in [0.15, 0.2) is 17.7 Å². The van der Waals surface area contributed by atoms with E-state index in [4.69, 9.17) is 9.47 Å². The SMILES string of the molecule is COc1c(N2CCNC(C)C2)c(F)cc2c(=O)c(C(=O)OC(CC(=O)O)C[N+](C)(C)C)cn(C3CC3)c12. The zero-order valence-electron chi connectivity index (χ0n) is 22.0. The zero-order valence-corrected chi connectivity index (χ0v) is 22.0. The van der Waals surface area contributed by atoms with Crippen LogP contribution in [-0.2, 0) is 9.53 Å². The van der Waals surface area contributed by atoms with Crippen LogP contribution in [0.25, 0.3) is 10.9 Å². The lowest BCUT2D eigenvalue weighted by molar-refractivity contribution is -0.873. The smallest absolute Gasteiger partial charge is 0.344 e. The molecule has 2 unspecified atom stereocenters. The van der Waals surface area contributed by atoms with Crippen molar-refractivity contribution in [1.82, 2.24) is 9.88 Å². The number of pyridine rings is 1. The van der Waals surface area contributed by atoms with Gasteiger partial charge in [-0.25, -0.2) is 9.18 Å². The minimum atomic E-state index is -1.11. The van der Waals surface area contributed by atoms with Crippen LogP contribution in [0.2, 0.25) is 0 Å². The summed E-state index contributed by atoms with van der Waals surface area (Å²) < 4.78 is 29.0. The second-order valence-corrected chi connectivity index (χ2v) is 11.0. The van der Waals surface area contributed by atoms with Crippen molar-refractivity contribution in [3.8, 4) is 5.75 Å². The Kier molecular flexibility index (Phi) is 7.48. The van der Waals surface area contributed by atoms with Crippen LogP contribution in [0.15, 0.2) is 17.1 Å². The molecule has 1 aromatic heterocycles. The van der Waals surface area contributed by atoms with Crippen molar-refractivity contribution in [1.29, 1.82) is 0 Å². The number of halogens is 1. The first-order valence-electron chi connectivity index (χ1n) is 12.6. The van der Waals surface area contributed by atoms with Crippen molar-refractivity contribution < 1.29 is 33.0 Å². The van der Waals surface area contributed by atoms with Crippen LogP contribution in [0.4, 0.5) is 10.1 Å². The lowest BCUT2D eigenvalue weighted by Gasteiger charge is -2.35. The Balaban J connectivity index is 1.82. The molecule has 2 aromatic rings. The van der Waals surface area contributed by atoms with Crippen molar-refractivity contribution in [3.63, 3.8) is 0 Å². The molecule has 0 radical (unpaired) electrons. The molecule has 11 heteroatoms. The van der Waals surface area contributed by atoms with Gasteiger partial charge in [0.2, 0.25) is 5.43 Å². The summed E-state index contributed by atoms with van der Waals surface area (Å²) in [5.74, 6) is -2.36. The maximum atomic E-state index is 15.6. The number of piperazine rings is 1. The van der Waals surface area contributed by atoms with Crippen LogP contribution in [0.1, 0.15) is 42.6 Å². The summed E-state index contributed by atoms with van der Waals surface area (Å²) in [4.78, 5) is 40.0. The molecule has 2 N–H and O–H groups in total. The molecule has 0 spiro atoms. The van der Waals surface area contributed by atoms with Gasteiger partial charge >= 0.3 is 11.9 Å². The summed E-state index contributed by atoms with van der Waals surface area (Å²) in [6, 6.07) is 1.37. The van der Waals surface area contributed by atoms with Gasteiger partial charge in [0.25, 0.3) is 0 Å². The predicted octanol–water partition coefficient (Wildman–Crippen LogP) is 1.99. The predicted molar refractivity (Wildman–Crippen MR) is 137 cm³/mol. The number of ether oxygens (including phenoxy) is 2. The van der Waals surface area contributed by atoms with Crippen molar-refractivity contribution >= 4 is 28.5 Å². The zero-order chi connectivity index (χ0) is 27.1. The molecule has 1 aromatic carbocycles. The van der Waals surface area contributed by atoms with E-state index in [1.165, 1.54) is 19.4 Å². The fraction of sp³-hybridized carbons (Fsp3) is 0.577. The molecule has 2 atom stereocenters. The van der Waals surface area contributed by atoms with Crippen molar-refractivity contribution in [2.45, 2.75) is 44.4 Å². The first-order chi connectivity index (χ1) is 17.4. The fourth-order valence-corrected chi connectivity index (χ4v) is 5.02. The number of nitrogens with zero attached hydrogens (tertiary/aromatic N) is 3. The highest BCUT2D eigenvalue weighted by molar-refractivity contribution is 5.98. The number of anilines is 1. The monoisotopic (exact) mass is 519 g/mol. The molecule has 202 valence electrons. The summed E-state index contributed by atoms with van der Waals surface area (Å²) in [5.41, 5.74) is -0.172. The van der Waals surface area contributed by atoms with Crippen molar-refractivity contribution in [2.75, 3.05) is 59.3 Å². The highest BCUT2D eigenvalue weighted by atomic mass is 19.1. The number of aromatic nitrogens is 1. The number of hydrogen-bond acceptors (Lipinski definition) is 7. The number of carbonyl (C=O) groups excluding carboxylic acids is 1. The number of benzene rings is 1. The van der Waals surface area contributed by atoms with Gasteiger partial charge < -0.3 is 33.8 Å². The van der Waals surface area contributed by atoms with Gasteiger partial charge in [0.05, 0.1) is 45.6 Å². The minimum Gasteiger partial charge on any atom is -0.492 e. The highest BCUT2D eigenvalue weighted by Crippen LogP contribution is 2.43. The standard InChI is InChI=1S/C26H35FN4O6/c1-15-12-29(9-8-28-15)23-20(27)11-18-22(25(23)36-5)30(16-6-7-16)13-19(24(18)34)26(35)37-17(10-21(32)33)14-31(2,3)4/h11,13,15-17,28H,6-10,12,14H2,1-5H3/p+1. The number of likely N-dealkylation sites (N-methyl/N-ethyl adjacent to an activating group) is 1. The number of quaternary nitrogens is 1. The Hall–Kier alpha value is -3.18. The third-order valence-corrected chi connectivity index (χ3v) is 6.67. The van der Waals surface area contributed by atoms with E-state index in [9.17, 15) is 19.5 Å². The van der Waals surface area contributed by atoms with Gasteiger partial charge in [0.1, 0.15) is 17.8 Å². The molecular formula is C26H36FN4O6+. The first kappa shape index (κ1) is 26.9. The second-order valence-electron chi connectivity index (χ2n) is 11.0. The average Bonchev–Trinajstić information content (AvgIpc) is 3.62. The van der Waals surface area contributed by atoms with Crippen LogP contribution in [0.5, 0.6) is 5.75 Å². The fourth-order valence-electron chi connectivity index (χ4n) is 5.02. The maximum absolute atomic E-state index is 15.6. The van der Waals surface area contributed by atoms with Gasteiger partial charge in [-0.05, 0) is 25.8 Å². The summed E-state index contributed by atoms with van der Waals surface area (Å²) in [7, 11) is 7.01. The third kappa shape index (κ3) is 5.88. The van der Waals surface area contributed by atoms with E-state index in [0.717, 1.165) is 12.8 Å². The summed E-state index contributed by atoms with van der Waals surface area (Å²) in [5, 5.41) is 12.7. The maximum Gasteiger partial charge on any atom is 0.344 e. The molecule has 10 nitrogen and oxygen atoms in total. The largest absolute Gasteiger partial charge is 0.492 e. The van der Waals surface area contributed by atoms with Crippen LogP contribution >= 0.6 is 0 Å². The number of carbonyl (C=O) groups is 2. The van der Waals surface area contributed by atoms with E-state index in [2.05, 4.69) is 5.32 Å². The van der Waals surface area contributed by atoms with E-state index in [0.29, 0.717) is 35.3 Å². The quantitative estimate of drug-likeness (QED) is 0.382. The molecule has 2 heterocycles. The van der Waals surface area contributed by atoms with E-state index >= 15 is 4.39 Å². The van der Waals surface area contributed by atoms with Crippen LogP contribution in [0.3, 0.4) is 0 Å². The number of rotatable bonds is 9. The Bertz CT molecular complexity index is 1270.